The third kappa shape index (κ3) is 20.3. The number of phosphoric ester groups is 1. The van der Waals surface area contributed by atoms with E-state index in [4.69, 9.17) is 18.5 Å². The highest BCUT2D eigenvalue weighted by Crippen LogP contribution is 2.44. The minimum atomic E-state index is -4.25. The Labute approximate surface area is 248 Å². The molecule has 0 aromatic carbocycles. The lowest BCUT2D eigenvalue weighted by Crippen LogP contribution is -2.27. The van der Waals surface area contributed by atoms with Gasteiger partial charge in [-0.3, -0.25) is 13.8 Å². The summed E-state index contributed by atoms with van der Waals surface area (Å²) in [6, 6.07) is 0. The first-order valence-corrected chi connectivity index (χ1v) is 18.1. The maximum atomic E-state index is 12.3. The van der Waals surface area contributed by atoms with Gasteiger partial charge in [-0.05, 0) is 13.3 Å². The third-order valence-electron chi connectivity index (χ3n) is 7.19. The number of hydrogen-bond donors (Lipinski definition) is 1. The molecule has 8 nitrogen and oxygen atoms in total. The molecule has 0 aromatic heterocycles. The summed E-state index contributed by atoms with van der Waals surface area (Å²) in [5, 5.41) is 0. The molecule has 2 unspecified atom stereocenters. The first-order valence-electron chi connectivity index (χ1n) is 15.7. The smallest absolute Gasteiger partial charge is 0.458 e. The van der Waals surface area contributed by atoms with Crippen molar-refractivity contribution in [3.05, 3.63) is 10.6 Å². The van der Waals surface area contributed by atoms with Crippen LogP contribution in [0.2, 0.25) is 0 Å². The number of thioether (sulfide) groups is 1. The average Bonchev–Trinajstić information content (AvgIpc) is 3.23. The predicted molar refractivity (Wildman–Crippen MR) is 165 cm³/mol. The second kappa shape index (κ2) is 23.9. The van der Waals surface area contributed by atoms with Crippen LogP contribution in [0.15, 0.2) is 10.6 Å². The molecule has 0 spiro atoms. The maximum Gasteiger partial charge on any atom is 0.472 e. The highest BCUT2D eigenvalue weighted by molar-refractivity contribution is 8.03. The average molecular weight is 608 g/mol. The van der Waals surface area contributed by atoms with Gasteiger partial charge in [-0.15, -0.1) is 11.8 Å². The summed E-state index contributed by atoms with van der Waals surface area (Å²) in [5.74, 6) is 0.385. The van der Waals surface area contributed by atoms with Crippen LogP contribution >= 0.6 is 19.6 Å². The lowest BCUT2D eigenvalue weighted by Gasteiger charge is -2.19. The quantitative estimate of drug-likeness (QED) is 0.0559. The highest BCUT2D eigenvalue weighted by atomic mass is 32.2. The molecule has 0 aromatic rings. The van der Waals surface area contributed by atoms with Crippen LogP contribution in [0.3, 0.4) is 0 Å². The summed E-state index contributed by atoms with van der Waals surface area (Å²) < 4.78 is 33.3. The van der Waals surface area contributed by atoms with Crippen LogP contribution < -0.4 is 0 Å². The second-order valence-corrected chi connectivity index (χ2v) is 13.4. The molecule has 1 rings (SSSR count). The Balaban J connectivity index is 2.02. The van der Waals surface area contributed by atoms with Crippen molar-refractivity contribution in [3.8, 4) is 0 Å². The molecule has 2 atom stereocenters. The SMILES string of the molecule is CCCCCCCCCCCCCCCCCCOCC(COP(=O)(O)OCCC1=C(C)N(C)CS1)OC(C)=O. The maximum absolute atomic E-state index is 12.3. The number of nitrogens with zero attached hydrogens (tertiary/aromatic N) is 1. The molecule has 0 fully saturated rings. The van der Waals surface area contributed by atoms with E-state index in [1.807, 2.05) is 14.0 Å². The fourth-order valence-electron chi connectivity index (χ4n) is 4.63. The molecule has 1 aliphatic heterocycles. The largest absolute Gasteiger partial charge is 0.472 e. The molecule has 236 valence electrons. The summed E-state index contributed by atoms with van der Waals surface area (Å²) in [6.45, 7) is 6.09. The van der Waals surface area contributed by atoms with Crippen LogP contribution in [0, 0.1) is 0 Å². The molecule has 40 heavy (non-hydrogen) atoms. The minimum Gasteiger partial charge on any atom is -0.458 e. The number of carbonyl (C=O) groups is 1. The molecular formula is C30H58NO7PS. The van der Waals surface area contributed by atoms with Crippen LogP contribution in [-0.4, -0.2) is 61.2 Å². The molecule has 0 bridgehead atoms. The van der Waals surface area contributed by atoms with E-state index in [2.05, 4.69) is 11.8 Å². The number of unbranched alkanes of at least 4 members (excludes halogenated alkanes) is 15. The van der Waals surface area contributed by atoms with E-state index in [9.17, 15) is 14.3 Å². The molecular weight excluding hydrogens is 549 g/mol. The van der Waals surface area contributed by atoms with Crippen molar-refractivity contribution in [3.63, 3.8) is 0 Å². The van der Waals surface area contributed by atoms with E-state index in [1.54, 1.807) is 11.8 Å². The van der Waals surface area contributed by atoms with Crippen molar-refractivity contribution in [2.24, 2.45) is 0 Å². The van der Waals surface area contributed by atoms with Crippen molar-refractivity contribution in [1.82, 2.24) is 4.90 Å². The molecule has 0 amide bonds. The van der Waals surface area contributed by atoms with Crippen LogP contribution in [0.25, 0.3) is 0 Å². The number of allylic oxidation sites excluding steroid dienone is 1. The van der Waals surface area contributed by atoms with Crippen molar-refractivity contribution < 1.29 is 32.8 Å². The van der Waals surface area contributed by atoms with Gasteiger partial charge in [0.15, 0.2) is 0 Å². The van der Waals surface area contributed by atoms with Crippen molar-refractivity contribution in [1.29, 1.82) is 0 Å². The Morgan fingerprint density at radius 2 is 1.40 bits per heavy atom. The number of phosphoric acid groups is 1. The Hall–Kier alpha value is -0.570. The van der Waals surface area contributed by atoms with Gasteiger partial charge in [-0.1, -0.05) is 103 Å². The number of esters is 1. The molecule has 0 radical (unpaired) electrons. The molecule has 10 heteroatoms. The number of hydrogen-bond acceptors (Lipinski definition) is 8. The van der Waals surface area contributed by atoms with Gasteiger partial charge >= 0.3 is 13.8 Å². The van der Waals surface area contributed by atoms with Crippen molar-refractivity contribution >= 4 is 25.6 Å². The topological polar surface area (TPSA) is 94.5 Å². The van der Waals surface area contributed by atoms with Gasteiger partial charge in [0.2, 0.25) is 0 Å². The van der Waals surface area contributed by atoms with E-state index in [-0.39, 0.29) is 19.8 Å². The summed E-state index contributed by atoms with van der Waals surface area (Å²) >= 11 is 1.70. The van der Waals surface area contributed by atoms with Crippen LogP contribution in [0.1, 0.15) is 130 Å². The monoisotopic (exact) mass is 607 g/mol. The summed E-state index contributed by atoms with van der Waals surface area (Å²) in [6.07, 6.45) is 20.8. The fourth-order valence-corrected chi connectivity index (χ4v) is 6.51. The van der Waals surface area contributed by atoms with Gasteiger partial charge in [0.05, 0.1) is 25.7 Å². The van der Waals surface area contributed by atoms with Crippen LogP contribution in [-0.2, 0) is 27.9 Å². The standard InChI is InChI=1S/C30H58NO7PS/c1-5-6-7-8-9-10-11-12-13-14-15-16-17-18-19-20-22-35-24-29(38-28(3)32)25-37-39(33,34)36-23-21-30-27(2)31(4)26-40-30/h29H,5-26H2,1-4H3,(H,33,34). The van der Waals surface area contributed by atoms with Crippen molar-refractivity contribution in [2.75, 3.05) is 39.4 Å². The summed E-state index contributed by atoms with van der Waals surface area (Å²) in [4.78, 5) is 24.7. The fraction of sp³-hybridized carbons (Fsp3) is 0.900. The van der Waals surface area contributed by atoms with E-state index >= 15 is 0 Å². The molecule has 1 heterocycles. The van der Waals surface area contributed by atoms with Crippen LogP contribution in [0.5, 0.6) is 0 Å². The van der Waals surface area contributed by atoms with E-state index < -0.39 is 19.9 Å². The zero-order valence-electron chi connectivity index (χ0n) is 25.8. The number of carbonyl (C=O) groups excluding carboxylic acids is 1. The van der Waals surface area contributed by atoms with E-state index in [0.717, 1.165) is 29.3 Å². The zero-order valence-corrected chi connectivity index (χ0v) is 27.5. The Morgan fingerprint density at radius 1 is 0.875 bits per heavy atom. The van der Waals surface area contributed by atoms with Gasteiger partial charge in [0.25, 0.3) is 0 Å². The van der Waals surface area contributed by atoms with E-state index in [1.165, 1.54) is 96.8 Å². The Bertz CT molecular complexity index is 737. The first kappa shape index (κ1) is 37.5. The molecule has 1 N–H and O–H groups in total. The van der Waals surface area contributed by atoms with Crippen molar-refractivity contribution in [2.45, 2.75) is 136 Å². The Morgan fingerprint density at radius 3 is 1.88 bits per heavy atom. The first-order chi connectivity index (χ1) is 19.2. The predicted octanol–water partition coefficient (Wildman–Crippen LogP) is 8.59. The molecule has 0 aliphatic carbocycles. The number of ether oxygens (including phenoxy) is 2. The number of rotatable bonds is 27. The summed E-state index contributed by atoms with van der Waals surface area (Å²) in [5.41, 5.74) is 1.15. The zero-order chi connectivity index (χ0) is 29.5. The Kier molecular flexibility index (Phi) is 22.4. The molecule has 0 saturated carbocycles. The molecule has 0 saturated heterocycles. The summed E-state index contributed by atoms with van der Waals surface area (Å²) in [7, 11) is -2.24. The van der Waals surface area contributed by atoms with E-state index in [0.29, 0.717) is 13.0 Å². The molecule has 1 aliphatic rings. The van der Waals surface area contributed by atoms with Gasteiger partial charge in [0.1, 0.15) is 6.10 Å². The lowest BCUT2D eigenvalue weighted by molar-refractivity contribution is -0.151. The van der Waals surface area contributed by atoms with Crippen LogP contribution in [0.4, 0.5) is 0 Å². The van der Waals surface area contributed by atoms with Gasteiger partial charge < -0.3 is 19.3 Å². The van der Waals surface area contributed by atoms with Gasteiger partial charge in [-0.25, -0.2) is 4.57 Å². The normalized spacial score (nSPS) is 16.0. The third-order valence-corrected chi connectivity index (χ3v) is 9.54. The lowest BCUT2D eigenvalue weighted by atomic mass is 10.0. The second-order valence-electron chi connectivity index (χ2n) is 10.9. The van der Waals surface area contributed by atoms with Gasteiger partial charge in [-0.2, -0.15) is 0 Å². The van der Waals surface area contributed by atoms with Gasteiger partial charge in [0, 0.05) is 37.6 Å². The minimum absolute atomic E-state index is 0.0786. The highest BCUT2D eigenvalue weighted by Gasteiger charge is 2.25.